The zero-order chi connectivity index (χ0) is 53.7. The molecule has 16 bridgehead atoms. The first-order valence-electron chi connectivity index (χ1n) is 26.4. The Labute approximate surface area is 469 Å². The van der Waals surface area contributed by atoms with E-state index in [4.69, 9.17) is 59.8 Å². The molecule has 6 aromatic heterocycles. The van der Waals surface area contributed by atoms with Crippen LogP contribution < -0.4 is 7.74 Å². The van der Waals surface area contributed by atoms with Crippen molar-refractivity contribution >= 4 is 96.0 Å². The van der Waals surface area contributed by atoms with Crippen LogP contribution in [0.5, 0.6) is 0 Å². The second-order valence-electron chi connectivity index (χ2n) is 20.2. The van der Waals surface area contributed by atoms with Crippen LogP contribution in [0.1, 0.15) is 0 Å². The molecule has 0 unspecified atom stereocenters. The van der Waals surface area contributed by atoms with E-state index in [1.54, 1.807) is 0 Å². The topological polar surface area (TPSA) is 218 Å². The number of hydrogen-bond acceptors (Lipinski definition) is 12. The standard InChI is InChI=1S/C32H16FN8.C32H17N8.Ti/c33-23-15-7-14-22-24(23)32-40-30-21-13-6-5-12-20(21)28(38-30)36-26-17-9-2-1-8-16(17)25(34-26)35-27-18-10-3-4-11-19(18)29(37-27)39-31(22)41-32;1-2-10-18-17(9-1)25-33-26(18)38-28-21-13-5-6-14-22(21)30(35-28)40-32-24-16-8-7-15-23(24)31(36-32)39-29-20-12-4-3-11-19(20)27(34-29)37-25;/h1-14H,(H2,34,35,36,37,38,39,40,41);1-15H,(H2,33,34,35,36,37,38,39,40);. The Morgan fingerprint density at radius 1 is 0.232 bits per heavy atom. The van der Waals surface area contributed by atoms with Gasteiger partial charge in [0.1, 0.15) is 0 Å². The van der Waals surface area contributed by atoms with Gasteiger partial charge in [-0.15, -0.1) is 0 Å². The van der Waals surface area contributed by atoms with Crippen molar-refractivity contribution in [1.82, 2.24) is 79.7 Å². The molecule has 82 heavy (non-hydrogen) atoms. The third-order valence-electron chi connectivity index (χ3n) is 15.5. The Morgan fingerprint density at radius 2 is 0.500 bits per heavy atom. The molecule has 14 aromatic rings. The van der Waals surface area contributed by atoms with Crippen LogP contribution in [-0.2, 0) is 19.2 Å². The fourth-order valence-corrected chi connectivity index (χ4v) is 13.7. The molecule has 0 fully saturated rings. The number of fused-ring (bicyclic) bond motifs is 40. The van der Waals surface area contributed by atoms with E-state index in [9.17, 15) is 0 Å². The summed E-state index contributed by atoms with van der Waals surface area (Å²) in [6.45, 7) is 0. The van der Waals surface area contributed by atoms with Gasteiger partial charge in [0.15, 0.2) is 0 Å². The normalized spacial score (nSPS) is 12.2. The summed E-state index contributed by atoms with van der Waals surface area (Å²) in [4.78, 5) is 75.9. The van der Waals surface area contributed by atoms with Crippen molar-refractivity contribution in [1.29, 1.82) is 0 Å². The Hall–Kier alpha value is -10.9. The minimum absolute atomic E-state index is 0.259. The van der Waals surface area contributed by atoms with Crippen LogP contribution in [0.25, 0.3) is 179 Å². The molecule has 4 N–H and O–H groups in total. The van der Waals surface area contributed by atoms with Gasteiger partial charge in [0, 0.05) is 0 Å². The van der Waals surface area contributed by atoms with E-state index in [1.165, 1.54) is 0 Å². The summed E-state index contributed by atoms with van der Waals surface area (Å²) in [5.74, 6) is 3.29. The van der Waals surface area contributed by atoms with Gasteiger partial charge in [-0.2, -0.15) is 0 Å². The monoisotopic (exact) mass is 1090 g/mol. The molecule has 0 atom stereocenters. The number of hydrogen-bond donors (Lipinski definition) is 4. The SMILES string of the molecule is Fc1[c]([Ti][c]2cccc3c4nc5nc(nc6[nH]c(nc7nc(nc([nH]4)c23)-c2ccccc2-7)c2ccccc62)-c2ccccc2-5)ccc2c3nc4nc(nc5[nH]c(nc6nc(nc([nH]3)c12)-c1ccccc1-6)c1ccccc51)-c1ccccc1-4. The summed E-state index contributed by atoms with van der Waals surface area (Å²) in [7, 11) is 0. The van der Waals surface area contributed by atoms with Crippen LogP contribution in [-0.4, -0.2) is 79.7 Å². The van der Waals surface area contributed by atoms with Gasteiger partial charge in [0.25, 0.3) is 0 Å². The van der Waals surface area contributed by atoms with E-state index in [0.29, 0.717) is 95.4 Å². The molecular weight excluding hydrogens is 1060 g/mol. The van der Waals surface area contributed by atoms with E-state index in [2.05, 4.69) is 26.0 Å². The van der Waals surface area contributed by atoms with Gasteiger partial charge in [0.2, 0.25) is 0 Å². The molecule has 0 saturated carbocycles. The molecule has 4 aliphatic heterocycles. The summed E-state index contributed by atoms with van der Waals surface area (Å²) in [6, 6.07) is 57.4. The van der Waals surface area contributed by atoms with Gasteiger partial charge in [0.05, 0.1) is 0 Å². The first-order valence-corrected chi connectivity index (χ1v) is 28.0. The van der Waals surface area contributed by atoms with Crippen molar-refractivity contribution in [2.24, 2.45) is 0 Å². The third kappa shape index (κ3) is 6.74. The van der Waals surface area contributed by atoms with Gasteiger partial charge >= 0.3 is 448 Å². The van der Waals surface area contributed by atoms with Crippen LogP contribution >= 0.6 is 0 Å². The summed E-state index contributed by atoms with van der Waals surface area (Å²) in [5, 5.41) is 5.93. The minimum atomic E-state index is -1.51. The van der Waals surface area contributed by atoms with Gasteiger partial charge in [-0.25, -0.2) is 0 Å². The predicted octanol–water partition coefficient (Wildman–Crippen LogP) is 12.2. The maximum atomic E-state index is 18.3. The van der Waals surface area contributed by atoms with Gasteiger partial charge < -0.3 is 0 Å². The number of H-pyrrole nitrogens is 4. The molecule has 16 nitrogen and oxygen atoms in total. The number of rotatable bonds is 2. The van der Waals surface area contributed by atoms with Crippen molar-refractivity contribution < 1.29 is 23.5 Å². The Morgan fingerprint density at radius 3 is 0.854 bits per heavy atom. The molecule has 0 spiro atoms. The van der Waals surface area contributed by atoms with E-state index >= 15 is 4.39 Å². The van der Waals surface area contributed by atoms with Crippen molar-refractivity contribution in [2.45, 2.75) is 0 Å². The molecule has 10 heterocycles. The zero-order valence-electron chi connectivity index (χ0n) is 42.5. The van der Waals surface area contributed by atoms with Crippen molar-refractivity contribution in [3.05, 3.63) is 182 Å². The average molecular weight is 1090 g/mol. The molecule has 18 rings (SSSR count). The van der Waals surface area contributed by atoms with E-state index in [1.807, 2.05) is 170 Å². The zero-order valence-corrected chi connectivity index (χ0v) is 44.0. The van der Waals surface area contributed by atoms with Crippen LogP contribution in [0.2, 0.25) is 0 Å². The van der Waals surface area contributed by atoms with E-state index < -0.39 is 25.0 Å². The van der Waals surface area contributed by atoms with Crippen LogP contribution in [0, 0.1) is 5.82 Å². The first-order chi connectivity index (χ1) is 40.5. The molecule has 0 radical (unpaired) electrons. The molecule has 380 valence electrons. The van der Waals surface area contributed by atoms with Crippen molar-refractivity contribution in [3.8, 4) is 91.1 Å². The number of nitrogens with zero attached hydrogens (tertiary/aromatic N) is 12. The maximum absolute atomic E-state index is 18.3. The first kappa shape index (κ1) is 45.0. The quantitative estimate of drug-likeness (QED) is 0.119. The molecule has 8 aromatic carbocycles. The Balaban J connectivity index is 0.886. The molecule has 4 aliphatic rings. The van der Waals surface area contributed by atoms with E-state index in [0.717, 1.165) is 80.7 Å². The van der Waals surface area contributed by atoms with Crippen LogP contribution in [0.4, 0.5) is 4.39 Å². The van der Waals surface area contributed by atoms with E-state index in [-0.39, 0.29) is 11.0 Å². The second kappa shape index (κ2) is 17.1. The number of benzene rings is 8. The number of aromatic amines is 4. The van der Waals surface area contributed by atoms with Gasteiger partial charge in [-0.3, -0.25) is 0 Å². The van der Waals surface area contributed by atoms with Crippen molar-refractivity contribution in [2.75, 3.05) is 0 Å². The fraction of sp³-hybridized carbons (Fsp3) is 0. The van der Waals surface area contributed by atoms with Gasteiger partial charge in [-0.05, 0) is 0 Å². The van der Waals surface area contributed by atoms with Crippen LogP contribution in [0.15, 0.2) is 176 Å². The van der Waals surface area contributed by atoms with Gasteiger partial charge in [-0.1, -0.05) is 24.3 Å². The number of nitrogens with one attached hydrogen (secondary N) is 4. The molecule has 0 amide bonds. The summed E-state index contributed by atoms with van der Waals surface area (Å²) < 4.78 is 19.8. The summed E-state index contributed by atoms with van der Waals surface area (Å²) in [5.41, 5.74) is 10.6. The summed E-state index contributed by atoms with van der Waals surface area (Å²) >= 11 is -1.51. The molecule has 0 aliphatic carbocycles. The van der Waals surface area contributed by atoms with Crippen LogP contribution in [0.3, 0.4) is 0 Å². The Kier molecular flexibility index (Phi) is 9.37. The average Bonchev–Trinajstić information content (AvgIpc) is 4.60. The summed E-state index contributed by atoms with van der Waals surface area (Å²) in [6.07, 6.45) is 0. The predicted molar refractivity (Wildman–Crippen MR) is 311 cm³/mol. The number of halogens is 1. The molecule has 18 heteroatoms. The van der Waals surface area contributed by atoms with Crippen molar-refractivity contribution in [3.63, 3.8) is 0 Å². The fourth-order valence-electron chi connectivity index (χ4n) is 11.7. The molecule has 0 saturated heterocycles. The number of aromatic nitrogens is 16. The Bertz CT molecular complexity index is 5560. The molecular formula is C64H33FN16Ti. The second-order valence-corrected chi connectivity index (χ2v) is 22.3. The third-order valence-corrected chi connectivity index (χ3v) is 17.6.